The van der Waals surface area contributed by atoms with Crippen LogP contribution in [0, 0.1) is 17.8 Å². The number of nitrogens with one attached hydrogen (secondary N) is 2. The summed E-state index contributed by atoms with van der Waals surface area (Å²) >= 11 is 6.47. The van der Waals surface area contributed by atoms with Crippen LogP contribution in [-0.2, 0) is 17.9 Å². The number of nitrogens with zero attached hydrogens (tertiary/aromatic N) is 4. The molecule has 4 bridgehead atoms. The molecule has 4 saturated carbocycles. The first kappa shape index (κ1) is 22.2. The summed E-state index contributed by atoms with van der Waals surface area (Å²) in [5, 5.41) is 10.8. The van der Waals surface area contributed by atoms with Gasteiger partial charge in [0, 0.05) is 32.4 Å². The fraction of sp³-hybridized carbons (Fsp3) is 0.583. The third kappa shape index (κ3) is 4.45. The molecule has 0 atom stereocenters. The highest BCUT2D eigenvalue weighted by Gasteiger charge is 2.51. The number of anilines is 2. The fourth-order valence-corrected chi connectivity index (χ4v) is 6.76. The molecule has 0 aromatic carbocycles. The van der Waals surface area contributed by atoms with Gasteiger partial charge in [-0.25, -0.2) is 4.68 Å². The van der Waals surface area contributed by atoms with Gasteiger partial charge >= 0.3 is 0 Å². The lowest BCUT2D eigenvalue weighted by atomic mass is 9.53. The zero-order chi connectivity index (χ0) is 23.2. The molecule has 9 heteroatoms. The molecule has 0 unspecified atom stereocenters. The fourth-order valence-electron chi connectivity index (χ4n) is 6.57. The van der Waals surface area contributed by atoms with Gasteiger partial charge in [0.15, 0.2) is 0 Å². The Morgan fingerprint density at radius 1 is 1.18 bits per heavy atom. The summed E-state index contributed by atoms with van der Waals surface area (Å²) in [6.45, 7) is 0.154. The van der Waals surface area contributed by atoms with Crippen LogP contribution in [0.4, 0.5) is 11.4 Å². The maximum Gasteiger partial charge on any atom is 0.288 e. The van der Waals surface area contributed by atoms with Gasteiger partial charge in [-0.15, -0.1) is 0 Å². The molecule has 0 aliphatic heterocycles. The van der Waals surface area contributed by atoms with Gasteiger partial charge in [-0.05, 0) is 67.9 Å². The van der Waals surface area contributed by atoms with E-state index in [0.717, 1.165) is 52.9 Å². The first-order valence-corrected chi connectivity index (χ1v) is 12.1. The number of aromatic nitrogens is 3. The third-order valence-corrected chi connectivity index (χ3v) is 7.93. The quantitative estimate of drug-likeness (QED) is 0.646. The van der Waals surface area contributed by atoms with Crippen LogP contribution in [0.25, 0.3) is 0 Å². The van der Waals surface area contributed by atoms with Crippen molar-refractivity contribution in [3.05, 3.63) is 45.6 Å². The van der Waals surface area contributed by atoms with Gasteiger partial charge < -0.3 is 15.5 Å². The smallest absolute Gasteiger partial charge is 0.288 e. The van der Waals surface area contributed by atoms with E-state index in [9.17, 15) is 9.59 Å². The highest BCUT2D eigenvalue weighted by Crippen LogP contribution is 2.56. The molecule has 2 N–H and O–H groups in total. The molecule has 2 aromatic heterocycles. The summed E-state index contributed by atoms with van der Waals surface area (Å²) < 4.78 is 1.13. The predicted molar refractivity (Wildman–Crippen MR) is 128 cm³/mol. The van der Waals surface area contributed by atoms with Crippen molar-refractivity contribution in [1.29, 1.82) is 0 Å². The second-order valence-corrected chi connectivity index (χ2v) is 10.7. The van der Waals surface area contributed by atoms with Crippen molar-refractivity contribution in [2.45, 2.75) is 57.2 Å². The molecule has 2 heterocycles. The lowest BCUT2D eigenvalue weighted by molar-refractivity contribution is -0.122. The van der Waals surface area contributed by atoms with Crippen molar-refractivity contribution in [3.63, 3.8) is 0 Å². The number of carbonyl (C=O) groups excluding carboxylic acids is 1. The molecule has 176 valence electrons. The molecule has 0 radical (unpaired) electrons. The number of hydrogen-bond acceptors (Lipinski definition) is 6. The van der Waals surface area contributed by atoms with Crippen LogP contribution >= 0.6 is 11.6 Å². The van der Waals surface area contributed by atoms with Crippen LogP contribution in [0.5, 0.6) is 0 Å². The molecule has 1 amide bonds. The van der Waals surface area contributed by atoms with Gasteiger partial charge in [0.25, 0.3) is 5.56 Å². The molecule has 4 aliphatic carbocycles. The minimum absolute atomic E-state index is 0.0325. The van der Waals surface area contributed by atoms with Crippen molar-refractivity contribution in [3.8, 4) is 0 Å². The van der Waals surface area contributed by atoms with Gasteiger partial charge in [0.05, 0.1) is 23.8 Å². The van der Waals surface area contributed by atoms with E-state index in [0.29, 0.717) is 12.2 Å². The summed E-state index contributed by atoms with van der Waals surface area (Å²) in [7, 11) is 3.85. The van der Waals surface area contributed by atoms with E-state index in [1.807, 2.05) is 25.1 Å². The van der Waals surface area contributed by atoms with Crippen molar-refractivity contribution in [1.82, 2.24) is 20.1 Å². The van der Waals surface area contributed by atoms with E-state index in [1.54, 1.807) is 18.6 Å². The predicted octanol–water partition coefficient (Wildman–Crippen LogP) is 3.05. The van der Waals surface area contributed by atoms with E-state index in [1.165, 1.54) is 19.3 Å². The molecular weight excluding hydrogens is 440 g/mol. The topological polar surface area (TPSA) is 92.2 Å². The Labute approximate surface area is 198 Å². The normalized spacial score (nSPS) is 27.4. The first-order chi connectivity index (χ1) is 15.8. The molecule has 0 saturated heterocycles. The molecule has 4 fully saturated rings. The molecule has 2 aromatic rings. The standard InChI is InChI=1S/C24H31ClN6O2/c1-30(2)20-13-26-4-3-18(20)11-27-21(32)14-31-23(33)22(25)19(12-28-31)29-24-8-15-5-16(9-24)7-17(6-15)10-24/h3-4,12-13,15-17,29H,5-11,14H2,1-2H3,(H,27,32). The SMILES string of the molecule is CN(C)c1cnccc1CNC(=O)Cn1ncc(NC23CC4CC(CC(C4)C2)C3)c(Cl)c1=O. The third-order valence-electron chi connectivity index (χ3n) is 7.56. The Bertz CT molecular complexity index is 1080. The monoisotopic (exact) mass is 470 g/mol. The van der Waals surface area contributed by atoms with E-state index < -0.39 is 5.56 Å². The van der Waals surface area contributed by atoms with Crippen LogP contribution in [0.3, 0.4) is 0 Å². The maximum atomic E-state index is 12.9. The summed E-state index contributed by atoms with van der Waals surface area (Å²) in [6.07, 6.45) is 12.5. The van der Waals surface area contributed by atoms with Crippen LogP contribution in [0.1, 0.15) is 44.1 Å². The minimum Gasteiger partial charge on any atom is -0.377 e. The lowest BCUT2D eigenvalue weighted by Crippen LogP contribution is -2.55. The number of amides is 1. The van der Waals surface area contributed by atoms with Crippen LogP contribution in [-0.4, -0.2) is 40.3 Å². The summed E-state index contributed by atoms with van der Waals surface area (Å²) in [6, 6.07) is 1.86. The van der Waals surface area contributed by atoms with E-state index in [-0.39, 0.29) is 23.0 Å². The van der Waals surface area contributed by atoms with Gasteiger partial charge in [-0.2, -0.15) is 5.10 Å². The molecule has 8 nitrogen and oxygen atoms in total. The Morgan fingerprint density at radius 3 is 2.48 bits per heavy atom. The van der Waals surface area contributed by atoms with E-state index in [4.69, 9.17) is 11.6 Å². The Balaban J connectivity index is 1.25. The maximum absolute atomic E-state index is 12.9. The number of hydrogen-bond donors (Lipinski definition) is 2. The van der Waals surface area contributed by atoms with Crippen LogP contribution < -0.4 is 21.1 Å². The second-order valence-electron chi connectivity index (χ2n) is 10.3. The van der Waals surface area contributed by atoms with Crippen LogP contribution in [0.2, 0.25) is 5.02 Å². The zero-order valence-corrected chi connectivity index (χ0v) is 19.9. The lowest BCUT2D eigenvalue weighted by Gasteiger charge is -2.57. The van der Waals surface area contributed by atoms with Crippen molar-refractivity contribution < 1.29 is 4.79 Å². The number of rotatable bonds is 7. The Kier molecular flexibility index (Phi) is 5.80. The average molecular weight is 471 g/mol. The Morgan fingerprint density at radius 2 is 1.85 bits per heavy atom. The van der Waals surface area contributed by atoms with Gasteiger partial charge in [0.1, 0.15) is 11.6 Å². The number of carbonyl (C=O) groups is 1. The summed E-state index contributed by atoms with van der Waals surface area (Å²) in [5.74, 6) is 2.05. The van der Waals surface area contributed by atoms with Gasteiger partial charge in [0.2, 0.25) is 5.91 Å². The molecule has 4 aliphatic rings. The first-order valence-electron chi connectivity index (χ1n) is 11.7. The van der Waals surface area contributed by atoms with Crippen molar-refractivity contribution >= 4 is 28.9 Å². The number of halogens is 1. The largest absolute Gasteiger partial charge is 0.377 e. The highest BCUT2D eigenvalue weighted by atomic mass is 35.5. The van der Waals surface area contributed by atoms with Crippen molar-refractivity contribution in [2.75, 3.05) is 24.3 Å². The molecule has 33 heavy (non-hydrogen) atoms. The molecule has 6 rings (SSSR count). The van der Waals surface area contributed by atoms with Crippen LogP contribution in [0.15, 0.2) is 29.5 Å². The highest BCUT2D eigenvalue weighted by molar-refractivity contribution is 6.33. The van der Waals surface area contributed by atoms with E-state index >= 15 is 0 Å². The van der Waals surface area contributed by atoms with Gasteiger partial charge in [-0.3, -0.25) is 14.6 Å². The molecule has 0 spiro atoms. The van der Waals surface area contributed by atoms with Crippen molar-refractivity contribution in [2.24, 2.45) is 17.8 Å². The van der Waals surface area contributed by atoms with E-state index in [2.05, 4.69) is 20.7 Å². The summed E-state index contributed by atoms with van der Waals surface area (Å²) in [5.41, 5.74) is 2.05. The second kappa shape index (κ2) is 8.63. The zero-order valence-electron chi connectivity index (χ0n) is 19.2. The minimum atomic E-state index is -0.445. The number of pyridine rings is 1. The molecular formula is C24H31ClN6O2. The Hall–Kier alpha value is -2.61. The summed E-state index contributed by atoms with van der Waals surface area (Å²) in [4.78, 5) is 31.4. The average Bonchev–Trinajstić information content (AvgIpc) is 2.76. The van der Waals surface area contributed by atoms with Gasteiger partial charge in [-0.1, -0.05) is 11.6 Å².